The summed E-state index contributed by atoms with van der Waals surface area (Å²) < 4.78 is 1.75. The zero-order valence-electron chi connectivity index (χ0n) is 17.3. The summed E-state index contributed by atoms with van der Waals surface area (Å²) in [5.74, 6) is -0.240. The van der Waals surface area contributed by atoms with Crippen LogP contribution in [0.25, 0.3) is 22.4 Å². The van der Waals surface area contributed by atoms with Crippen molar-refractivity contribution in [2.24, 2.45) is 7.05 Å². The summed E-state index contributed by atoms with van der Waals surface area (Å²) in [7, 11) is 1.77. The number of hydrogen-bond acceptors (Lipinski definition) is 3. The van der Waals surface area contributed by atoms with E-state index in [0.717, 1.165) is 5.56 Å². The summed E-state index contributed by atoms with van der Waals surface area (Å²) in [6, 6.07) is 27.2. The van der Waals surface area contributed by atoms with Crippen LogP contribution in [0.5, 0.6) is 0 Å². The molecule has 5 heteroatoms. The second-order valence-corrected chi connectivity index (χ2v) is 7.28. The Hall–Kier alpha value is -4.12. The van der Waals surface area contributed by atoms with E-state index in [1.165, 1.54) is 0 Å². The Bertz CT molecular complexity index is 1270. The highest BCUT2D eigenvalue weighted by atomic mass is 16.6. The monoisotopic (exact) mass is 409 g/mol. The number of aromatic nitrogens is 1. The van der Waals surface area contributed by atoms with Crippen LogP contribution in [0.2, 0.25) is 0 Å². The molecule has 1 heterocycles. The van der Waals surface area contributed by atoms with Gasteiger partial charge in [-0.1, -0.05) is 78.9 Å². The van der Waals surface area contributed by atoms with Crippen LogP contribution >= 0.6 is 0 Å². The first-order valence-electron chi connectivity index (χ1n) is 9.92. The molecule has 0 amide bonds. The van der Waals surface area contributed by atoms with Crippen molar-refractivity contribution < 1.29 is 14.3 Å². The van der Waals surface area contributed by atoms with E-state index in [9.17, 15) is 14.9 Å². The quantitative estimate of drug-likeness (QED) is 0.195. The van der Waals surface area contributed by atoms with Gasteiger partial charge in [0.1, 0.15) is 12.6 Å². The largest absolute Gasteiger partial charge is 0.349 e. The normalized spacial score (nSPS) is 10.6. The predicted molar refractivity (Wildman–Crippen MR) is 120 cm³/mol. The standard InChI is InChI=1S/C26H21N2O3/c1-18-22(26(29)21-16-10-5-11-17-21)23(19-12-6-3-7-13-19)25(28(30)31)24(27(18)2)20-14-8-4-9-15-20/h3-17H,1-2H3/q+1. The molecule has 0 saturated heterocycles. The fourth-order valence-corrected chi connectivity index (χ4v) is 3.91. The third-order valence-corrected chi connectivity index (χ3v) is 5.47. The molecule has 0 aliphatic heterocycles. The second kappa shape index (κ2) is 8.32. The maximum atomic E-state index is 13.6. The third-order valence-electron chi connectivity index (χ3n) is 5.47. The van der Waals surface area contributed by atoms with E-state index in [1.54, 1.807) is 48.0 Å². The van der Waals surface area contributed by atoms with E-state index in [-0.39, 0.29) is 16.4 Å². The highest BCUT2D eigenvalue weighted by Gasteiger charge is 2.38. The average molecular weight is 409 g/mol. The van der Waals surface area contributed by atoms with Crippen molar-refractivity contribution in [3.8, 4) is 22.4 Å². The Labute approximate surface area is 180 Å². The van der Waals surface area contributed by atoms with E-state index >= 15 is 0 Å². The Balaban J connectivity index is 2.16. The predicted octanol–water partition coefficient (Wildman–Crippen LogP) is 5.29. The van der Waals surface area contributed by atoms with Crippen LogP contribution < -0.4 is 4.57 Å². The van der Waals surface area contributed by atoms with E-state index in [0.29, 0.717) is 33.6 Å². The smallest absolute Gasteiger partial charge is 0.288 e. The lowest BCUT2D eigenvalue weighted by atomic mass is 9.89. The van der Waals surface area contributed by atoms with Crippen LogP contribution in [0.1, 0.15) is 21.6 Å². The Morgan fingerprint density at radius 2 is 1.29 bits per heavy atom. The first-order valence-corrected chi connectivity index (χ1v) is 9.92. The average Bonchev–Trinajstić information content (AvgIpc) is 2.81. The van der Waals surface area contributed by atoms with Gasteiger partial charge in [0.15, 0.2) is 11.5 Å². The minimum atomic E-state index is -0.383. The molecule has 1 aromatic heterocycles. The third kappa shape index (κ3) is 3.62. The summed E-state index contributed by atoms with van der Waals surface area (Å²) in [6.07, 6.45) is 0. The SMILES string of the molecule is Cc1c(C(=O)c2ccccc2)c(-c2ccccc2)c([N+](=O)[O-])c(-c2ccccc2)[n+]1C. The van der Waals surface area contributed by atoms with Crippen LogP contribution in [0.4, 0.5) is 5.69 Å². The number of nitrogens with zero attached hydrogens (tertiary/aromatic N) is 2. The molecule has 5 nitrogen and oxygen atoms in total. The fourth-order valence-electron chi connectivity index (χ4n) is 3.91. The molecular weight excluding hydrogens is 388 g/mol. The number of benzene rings is 3. The van der Waals surface area contributed by atoms with Gasteiger partial charge in [-0.2, -0.15) is 4.57 Å². The maximum Gasteiger partial charge on any atom is 0.349 e. The van der Waals surface area contributed by atoms with Crippen LogP contribution in [0.3, 0.4) is 0 Å². The zero-order valence-corrected chi connectivity index (χ0v) is 17.3. The summed E-state index contributed by atoms with van der Waals surface area (Å²) in [6.45, 7) is 1.83. The van der Waals surface area contributed by atoms with Gasteiger partial charge in [0.25, 0.3) is 5.69 Å². The van der Waals surface area contributed by atoms with Crippen molar-refractivity contribution >= 4 is 11.5 Å². The molecule has 0 aliphatic rings. The van der Waals surface area contributed by atoms with Crippen molar-refractivity contribution in [3.05, 3.63) is 118 Å². The Kier molecular flexibility index (Phi) is 5.41. The van der Waals surface area contributed by atoms with Gasteiger partial charge in [-0.3, -0.25) is 14.9 Å². The van der Waals surface area contributed by atoms with E-state index in [1.807, 2.05) is 61.5 Å². The van der Waals surface area contributed by atoms with Crippen molar-refractivity contribution in [1.29, 1.82) is 0 Å². The van der Waals surface area contributed by atoms with Gasteiger partial charge in [-0.15, -0.1) is 0 Å². The Morgan fingerprint density at radius 1 is 0.806 bits per heavy atom. The van der Waals surface area contributed by atoms with Crippen molar-refractivity contribution in [2.45, 2.75) is 6.92 Å². The minimum Gasteiger partial charge on any atom is -0.288 e. The van der Waals surface area contributed by atoms with E-state index < -0.39 is 0 Å². The van der Waals surface area contributed by atoms with Gasteiger partial charge in [0.2, 0.25) is 0 Å². The number of hydrogen-bond donors (Lipinski definition) is 0. The Morgan fingerprint density at radius 3 is 1.81 bits per heavy atom. The molecule has 0 unspecified atom stereocenters. The molecular formula is C26H21N2O3+. The topological polar surface area (TPSA) is 64.1 Å². The molecule has 0 radical (unpaired) electrons. The molecule has 0 atom stereocenters. The summed E-state index contributed by atoms with van der Waals surface area (Å²) in [5, 5.41) is 12.4. The van der Waals surface area contributed by atoms with E-state index in [2.05, 4.69) is 0 Å². The lowest BCUT2D eigenvalue weighted by Crippen LogP contribution is -2.38. The zero-order chi connectivity index (χ0) is 22.0. The molecule has 0 fully saturated rings. The van der Waals surface area contributed by atoms with Gasteiger partial charge in [0, 0.05) is 12.5 Å². The van der Waals surface area contributed by atoms with E-state index in [4.69, 9.17) is 0 Å². The molecule has 4 rings (SSSR count). The molecule has 152 valence electrons. The van der Waals surface area contributed by atoms with Crippen molar-refractivity contribution in [2.75, 3.05) is 0 Å². The number of rotatable bonds is 5. The number of carbonyl (C=O) groups excluding carboxylic acids is 1. The fraction of sp³-hybridized carbons (Fsp3) is 0.0769. The van der Waals surface area contributed by atoms with Gasteiger partial charge in [0.05, 0.1) is 16.1 Å². The van der Waals surface area contributed by atoms with Crippen LogP contribution in [0, 0.1) is 17.0 Å². The summed E-state index contributed by atoms with van der Waals surface area (Å²) in [4.78, 5) is 25.7. The molecule has 4 aromatic rings. The molecule has 0 saturated carbocycles. The van der Waals surface area contributed by atoms with Gasteiger partial charge >= 0.3 is 5.69 Å². The van der Waals surface area contributed by atoms with Crippen molar-refractivity contribution in [1.82, 2.24) is 0 Å². The lowest BCUT2D eigenvalue weighted by Gasteiger charge is -2.14. The molecule has 0 bridgehead atoms. The number of carbonyl (C=O) groups is 1. The van der Waals surface area contributed by atoms with Crippen molar-refractivity contribution in [3.63, 3.8) is 0 Å². The van der Waals surface area contributed by atoms with Gasteiger partial charge in [-0.25, -0.2) is 0 Å². The highest BCUT2D eigenvalue weighted by Crippen LogP contribution is 2.40. The molecule has 0 N–H and O–H groups in total. The maximum absolute atomic E-state index is 13.6. The molecule has 3 aromatic carbocycles. The molecule has 0 spiro atoms. The lowest BCUT2D eigenvalue weighted by molar-refractivity contribution is -0.669. The minimum absolute atomic E-state index is 0.0789. The van der Waals surface area contributed by atoms with Gasteiger partial charge in [-0.05, 0) is 17.7 Å². The summed E-state index contributed by atoms with van der Waals surface area (Å²) >= 11 is 0. The summed E-state index contributed by atoms with van der Waals surface area (Å²) in [5.41, 5.74) is 3.57. The second-order valence-electron chi connectivity index (χ2n) is 7.28. The van der Waals surface area contributed by atoms with Crippen LogP contribution in [-0.4, -0.2) is 10.7 Å². The first-order chi connectivity index (χ1) is 15.0. The number of nitro groups is 1. The number of ketones is 1. The number of pyridine rings is 1. The molecule has 0 aliphatic carbocycles. The highest BCUT2D eigenvalue weighted by molar-refractivity contribution is 6.15. The van der Waals surface area contributed by atoms with Crippen LogP contribution in [-0.2, 0) is 7.05 Å². The van der Waals surface area contributed by atoms with Crippen LogP contribution in [0.15, 0.2) is 91.0 Å². The van der Waals surface area contributed by atoms with Gasteiger partial charge < -0.3 is 0 Å². The molecule has 31 heavy (non-hydrogen) atoms. The first kappa shape index (κ1) is 20.2.